The summed E-state index contributed by atoms with van der Waals surface area (Å²) in [6.07, 6.45) is 2.89. The number of hydrogen-bond acceptors (Lipinski definition) is 3. The highest BCUT2D eigenvalue weighted by Gasteiger charge is 2.34. The number of nitrogens with two attached hydrogens (primary N) is 1. The summed E-state index contributed by atoms with van der Waals surface area (Å²) in [6.45, 7) is 2.11. The summed E-state index contributed by atoms with van der Waals surface area (Å²) in [7, 11) is 0. The molecule has 0 radical (unpaired) electrons. The van der Waals surface area contributed by atoms with Crippen LogP contribution in [0.2, 0.25) is 0 Å². The second-order valence-corrected chi connectivity index (χ2v) is 4.98. The van der Waals surface area contributed by atoms with Crippen LogP contribution in [0, 0.1) is 6.92 Å². The van der Waals surface area contributed by atoms with E-state index in [-0.39, 0.29) is 0 Å². The van der Waals surface area contributed by atoms with E-state index in [1.165, 1.54) is 11.1 Å². The molecule has 2 unspecified atom stereocenters. The van der Waals surface area contributed by atoms with Gasteiger partial charge in [0.2, 0.25) is 0 Å². The number of pyridine rings is 1. The van der Waals surface area contributed by atoms with Crippen LogP contribution in [0.3, 0.4) is 0 Å². The molecular formula is C15H17N3. The fourth-order valence-corrected chi connectivity index (χ4v) is 2.28. The van der Waals surface area contributed by atoms with Crippen LogP contribution in [0.5, 0.6) is 0 Å². The molecule has 2 atom stereocenters. The van der Waals surface area contributed by atoms with Gasteiger partial charge >= 0.3 is 0 Å². The molecule has 1 saturated carbocycles. The van der Waals surface area contributed by atoms with Gasteiger partial charge in [-0.1, -0.05) is 12.1 Å². The van der Waals surface area contributed by atoms with Gasteiger partial charge in [-0.15, -0.1) is 0 Å². The molecule has 0 bridgehead atoms. The number of nitrogens with zero attached hydrogens (tertiary/aromatic N) is 1. The second-order valence-electron chi connectivity index (χ2n) is 4.98. The number of aryl methyl sites for hydroxylation is 1. The minimum Gasteiger partial charge on any atom is -0.340 e. The van der Waals surface area contributed by atoms with E-state index < -0.39 is 0 Å². The predicted octanol–water partition coefficient (Wildman–Crippen LogP) is 2.95. The Bertz CT molecular complexity index is 551. The van der Waals surface area contributed by atoms with Gasteiger partial charge in [-0.3, -0.25) is 0 Å². The average Bonchev–Trinajstić information content (AvgIpc) is 3.07. The maximum atomic E-state index is 5.92. The quantitative estimate of drug-likeness (QED) is 0.865. The van der Waals surface area contributed by atoms with E-state index in [1.807, 2.05) is 18.2 Å². The summed E-state index contributed by atoms with van der Waals surface area (Å²) in [5.74, 6) is 1.41. The normalized spacial score (nSPS) is 21.7. The smallest absolute Gasteiger partial charge is 0.130 e. The molecule has 18 heavy (non-hydrogen) atoms. The number of hydrogen-bond donors (Lipinski definition) is 2. The average molecular weight is 239 g/mol. The molecule has 0 saturated heterocycles. The summed E-state index contributed by atoms with van der Waals surface area (Å²) < 4.78 is 0. The number of anilines is 2. The Morgan fingerprint density at radius 1 is 1.28 bits per heavy atom. The van der Waals surface area contributed by atoms with Crippen LogP contribution in [0.15, 0.2) is 42.6 Å². The molecule has 3 nitrogen and oxygen atoms in total. The van der Waals surface area contributed by atoms with Crippen LogP contribution >= 0.6 is 0 Å². The zero-order chi connectivity index (χ0) is 12.5. The number of rotatable bonds is 3. The monoisotopic (exact) mass is 239 g/mol. The van der Waals surface area contributed by atoms with Crippen molar-refractivity contribution in [3.8, 4) is 0 Å². The maximum absolute atomic E-state index is 5.92. The van der Waals surface area contributed by atoms with Crippen LogP contribution in [-0.4, -0.2) is 11.0 Å². The maximum Gasteiger partial charge on any atom is 0.130 e. The van der Waals surface area contributed by atoms with Gasteiger partial charge in [-0.2, -0.15) is 0 Å². The fraction of sp³-hybridized carbons (Fsp3) is 0.267. The molecule has 92 valence electrons. The number of benzene rings is 1. The van der Waals surface area contributed by atoms with Crippen LogP contribution in [0.25, 0.3) is 0 Å². The topological polar surface area (TPSA) is 50.9 Å². The lowest BCUT2D eigenvalue weighted by atomic mass is 10.1. The Morgan fingerprint density at radius 2 is 2.11 bits per heavy atom. The molecule has 2 aromatic rings. The first-order chi connectivity index (χ1) is 8.72. The third kappa shape index (κ3) is 2.36. The third-order valence-corrected chi connectivity index (χ3v) is 3.30. The molecule has 1 fully saturated rings. The number of nitrogens with one attached hydrogen (secondary N) is 1. The van der Waals surface area contributed by atoms with Gasteiger partial charge in [0.1, 0.15) is 5.82 Å². The highest BCUT2D eigenvalue weighted by molar-refractivity contribution is 5.59. The van der Waals surface area contributed by atoms with Gasteiger partial charge in [-0.05, 0) is 48.7 Å². The van der Waals surface area contributed by atoms with E-state index in [9.17, 15) is 0 Å². The van der Waals surface area contributed by atoms with E-state index in [0.29, 0.717) is 12.0 Å². The summed E-state index contributed by atoms with van der Waals surface area (Å²) in [5.41, 5.74) is 9.59. The molecule has 1 aliphatic carbocycles. The fourth-order valence-electron chi connectivity index (χ4n) is 2.28. The van der Waals surface area contributed by atoms with E-state index in [0.717, 1.165) is 17.9 Å². The second kappa shape index (κ2) is 4.42. The predicted molar refractivity (Wildman–Crippen MR) is 74.0 cm³/mol. The molecule has 3 N–H and O–H groups in total. The van der Waals surface area contributed by atoms with Crippen molar-refractivity contribution in [2.45, 2.75) is 25.3 Å². The first-order valence-corrected chi connectivity index (χ1v) is 6.27. The Kier molecular flexibility index (Phi) is 2.76. The highest BCUT2D eigenvalue weighted by Crippen LogP contribution is 2.40. The highest BCUT2D eigenvalue weighted by atomic mass is 15.0. The first kappa shape index (κ1) is 11.2. The summed E-state index contributed by atoms with van der Waals surface area (Å²) in [6, 6.07) is 12.7. The lowest BCUT2D eigenvalue weighted by Gasteiger charge is -2.09. The van der Waals surface area contributed by atoms with Crippen molar-refractivity contribution >= 4 is 11.5 Å². The Balaban J connectivity index is 1.86. The molecule has 0 aliphatic heterocycles. The molecule has 3 rings (SSSR count). The molecule has 1 aromatic carbocycles. The van der Waals surface area contributed by atoms with E-state index in [1.54, 1.807) is 6.20 Å². The van der Waals surface area contributed by atoms with Crippen LogP contribution in [0.4, 0.5) is 11.5 Å². The third-order valence-electron chi connectivity index (χ3n) is 3.30. The molecule has 1 heterocycles. The summed E-state index contributed by atoms with van der Waals surface area (Å²) in [5, 5.41) is 3.33. The van der Waals surface area contributed by atoms with Gasteiger partial charge in [0, 0.05) is 23.8 Å². The molecule has 1 aliphatic rings. The molecule has 0 amide bonds. The minimum absolute atomic E-state index is 0.342. The van der Waals surface area contributed by atoms with Gasteiger partial charge < -0.3 is 11.1 Å². The van der Waals surface area contributed by atoms with E-state index >= 15 is 0 Å². The van der Waals surface area contributed by atoms with Gasteiger partial charge in [0.15, 0.2) is 0 Å². The molecular weight excluding hydrogens is 222 g/mol. The van der Waals surface area contributed by atoms with E-state index in [4.69, 9.17) is 5.73 Å². The van der Waals surface area contributed by atoms with Crippen molar-refractivity contribution in [2.75, 3.05) is 5.32 Å². The largest absolute Gasteiger partial charge is 0.340 e. The zero-order valence-corrected chi connectivity index (χ0v) is 10.4. The van der Waals surface area contributed by atoms with Crippen LogP contribution in [-0.2, 0) is 0 Å². The van der Waals surface area contributed by atoms with E-state index in [2.05, 4.69) is 35.4 Å². The zero-order valence-electron chi connectivity index (χ0n) is 10.4. The van der Waals surface area contributed by atoms with Crippen molar-refractivity contribution in [1.82, 2.24) is 4.98 Å². The standard InChI is InChI=1S/C15H17N3/c1-10-6-11(13-9-14(13)16)8-12(7-10)18-15-4-2-3-5-17-15/h2-8,13-14H,9,16H2,1H3,(H,17,18). The SMILES string of the molecule is Cc1cc(Nc2ccccn2)cc(C2CC2N)c1. The van der Waals surface area contributed by atoms with Crippen molar-refractivity contribution in [3.05, 3.63) is 53.7 Å². The summed E-state index contributed by atoms with van der Waals surface area (Å²) >= 11 is 0. The molecule has 1 aromatic heterocycles. The lowest BCUT2D eigenvalue weighted by molar-refractivity contribution is 0.989. The van der Waals surface area contributed by atoms with Gasteiger partial charge in [-0.25, -0.2) is 4.98 Å². The number of aromatic nitrogens is 1. The van der Waals surface area contributed by atoms with Gasteiger partial charge in [0.25, 0.3) is 0 Å². The van der Waals surface area contributed by atoms with Crippen LogP contribution < -0.4 is 11.1 Å². The van der Waals surface area contributed by atoms with Crippen LogP contribution in [0.1, 0.15) is 23.5 Å². The van der Waals surface area contributed by atoms with Crippen molar-refractivity contribution in [1.29, 1.82) is 0 Å². The first-order valence-electron chi connectivity index (χ1n) is 6.27. The van der Waals surface area contributed by atoms with Gasteiger partial charge in [0.05, 0.1) is 0 Å². The Labute approximate surface area is 107 Å². The summed E-state index contributed by atoms with van der Waals surface area (Å²) in [4.78, 5) is 4.27. The van der Waals surface area contributed by atoms with Crippen molar-refractivity contribution in [2.24, 2.45) is 5.73 Å². The lowest BCUT2D eigenvalue weighted by Crippen LogP contribution is -2.01. The molecule has 0 spiro atoms. The Morgan fingerprint density at radius 3 is 2.78 bits per heavy atom. The van der Waals surface area contributed by atoms with Crippen molar-refractivity contribution < 1.29 is 0 Å². The molecule has 3 heteroatoms. The Hall–Kier alpha value is -1.87. The minimum atomic E-state index is 0.342. The van der Waals surface area contributed by atoms with Crippen molar-refractivity contribution in [3.63, 3.8) is 0 Å².